The fourth-order valence-corrected chi connectivity index (χ4v) is 2.32. The highest BCUT2D eigenvalue weighted by atomic mass is 35.5. The second kappa shape index (κ2) is 10.00. The molecule has 1 aliphatic rings. The predicted molar refractivity (Wildman–Crippen MR) is 83.0 cm³/mol. The number of hydrogen-bond donors (Lipinski definition) is 3. The lowest BCUT2D eigenvalue weighted by Gasteiger charge is -2.30. The van der Waals surface area contributed by atoms with E-state index in [9.17, 15) is 9.59 Å². The average Bonchev–Trinajstić information content (AvgIpc) is 2.31. The summed E-state index contributed by atoms with van der Waals surface area (Å²) in [6, 6.07) is 0.725. The second-order valence-corrected chi connectivity index (χ2v) is 5.63. The van der Waals surface area contributed by atoms with Crippen LogP contribution in [0.3, 0.4) is 0 Å². The minimum Gasteiger partial charge on any atom is -0.354 e. The summed E-state index contributed by atoms with van der Waals surface area (Å²) < 4.78 is 0. The van der Waals surface area contributed by atoms with Crippen LogP contribution in [0.25, 0.3) is 0 Å². The number of carbonyl (C=O) groups excluding carboxylic acids is 2. The average molecular weight is 306 g/mol. The quantitative estimate of drug-likeness (QED) is 0.694. The minimum absolute atomic E-state index is 0. The maximum atomic E-state index is 11.8. The molecule has 0 spiro atoms. The molecule has 2 atom stereocenters. The molecule has 1 rings (SSSR count). The van der Waals surface area contributed by atoms with Crippen LogP contribution in [0.15, 0.2) is 0 Å². The van der Waals surface area contributed by atoms with Crippen molar-refractivity contribution in [1.82, 2.24) is 16.0 Å². The molecule has 118 valence electrons. The second-order valence-electron chi connectivity index (χ2n) is 5.63. The SMILES string of the molecule is CC(C)NC(=O)CCCC(=O)NC1CCCNC1C.Cl. The van der Waals surface area contributed by atoms with E-state index in [1.807, 2.05) is 13.8 Å². The Hall–Kier alpha value is -0.810. The molecule has 0 bridgehead atoms. The Bertz CT molecular complexity index is 311. The number of hydrogen-bond acceptors (Lipinski definition) is 3. The summed E-state index contributed by atoms with van der Waals surface area (Å²) >= 11 is 0. The summed E-state index contributed by atoms with van der Waals surface area (Å²) in [5, 5.41) is 9.23. The fraction of sp³-hybridized carbons (Fsp3) is 0.857. The Morgan fingerprint density at radius 1 is 1.25 bits per heavy atom. The van der Waals surface area contributed by atoms with Gasteiger partial charge in [-0.3, -0.25) is 9.59 Å². The first-order chi connectivity index (χ1) is 8.99. The Labute approximate surface area is 128 Å². The molecule has 1 saturated heterocycles. The fourth-order valence-electron chi connectivity index (χ4n) is 2.32. The molecule has 20 heavy (non-hydrogen) atoms. The standard InChI is InChI=1S/C14H27N3O2.ClH/c1-10(2)16-13(18)7-4-8-14(19)17-12-6-5-9-15-11(12)3;/h10-12,15H,4-9H2,1-3H3,(H,16,18)(H,17,19);1H. The number of piperidine rings is 1. The molecule has 0 aromatic heterocycles. The van der Waals surface area contributed by atoms with Gasteiger partial charge in [-0.2, -0.15) is 0 Å². The zero-order chi connectivity index (χ0) is 14.3. The molecule has 5 nitrogen and oxygen atoms in total. The van der Waals surface area contributed by atoms with Crippen LogP contribution >= 0.6 is 12.4 Å². The van der Waals surface area contributed by atoms with Crippen LogP contribution in [-0.4, -0.2) is 36.5 Å². The van der Waals surface area contributed by atoms with Gasteiger partial charge in [0, 0.05) is 31.0 Å². The van der Waals surface area contributed by atoms with Crippen molar-refractivity contribution in [3.8, 4) is 0 Å². The lowest BCUT2D eigenvalue weighted by molar-refractivity contribution is -0.123. The van der Waals surface area contributed by atoms with Gasteiger partial charge in [0.1, 0.15) is 0 Å². The number of amides is 2. The highest BCUT2D eigenvalue weighted by Crippen LogP contribution is 2.08. The van der Waals surface area contributed by atoms with Gasteiger partial charge in [0.2, 0.25) is 11.8 Å². The monoisotopic (exact) mass is 305 g/mol. The largest absolute Gasteiger partial charge is 0.354 e. The molecular weight excluding hydrogens is 278 g/mol. The van der Waals surface area contributed by atoms with Crippen LogP contribution in [0, 0.1) is 0 Å². The van der Waals surface area contributed by atoms with Gasteiger partial charge in [-0.15, -0.1) is 12.4 Å². The van der Waals surface area contributed by atoms with E-state index < -0.39 is 0 Å². The third-order valence-electron chi connectivity index (χ3n) is 3.37. The van der Waals surface area contributed by atoms with Gasteiger partial charge in [0.05, 0.1) is 0 Å². The van der Waals surface area contributed by atoms with E-state index in [0.29, 0.717) is 25.3 Å². The maximum Gasteiger partial charge on any atom is 0.220 e. The molecule has 2 unspecified atom stereocenters. The Morgan fingerprint density at radius 2 is 1.90 bits per heavy atom. The van der Waals surface area contributed by atoms with Crippen LogP contribution < -0.4 is 16.0 Å². The maximum absolute atomic E-state index is 11.8. The van der Waals surface area contributed by atoms with E-state index >= 15 is 0 Å². The van der Waals surface area contributed by atoms with Crippen molar-refractivity contribution in [2.45, 2.75) is 71.0 Å². The molecule has 0 aliphatic carbocycles. The summed E-state index contributed by atoms with van der Waals surface area (Å²) in [6.45, 7) is 6.99. The molecule has 0 saturated carbocycles. The van der Waals surface area contributed by atoms with Gasteiger partial charge in [-0.1, -0.05) is 0 Å². The lowest BCUT2D eigenvalue weighted by atomic mass is 9.99. The topological polar surface area (TPSA) is 70.2 Å². The minimum atomic E-state index is 0. The Balaban J connectivity index is 0.00000361. The highest BCUT2D eigenvalue weighted by Gasteiger charge is 2.22. The van der Waals surface area contributed by atoms with E-state index in [1.54, 1.807) is 0 Å². The summed E-state index contributed by atoms with van der Waals surface area (Å²) in [4.78, 5) is 23.2. The molecule has 1 heterocycles. The van der Waals surface area contributed by atoms with Gasteiger partial charge < -0.3 is 16.0 Å². The van der Waals surface area contributed by atoms with Crippen molar-refractivity contribution < 1.29 is 9.59 Å². The third-order valence-corrected chi connectivity index (χ3v) is 3.37. The summed E-state index contributed by atoms with van der Waals surface area (Å²) in [6.07, 6.45) is 3.59. The molecule has 6 heteroatoms. The van der Waals surface area contributed by atoms with Crippen molar-refractivity contribution in [2.75, 3.05) is 6.54 Å². The predicted octanol–water partition coefficient (Wildman–Crippen LogP) is 1.36. The van der Waals surface area contributed by atoms with Crippen LogP contribution in [-0.2, 0) is 9.59 Å². The van der Waals surface area contributed by atoms with Gasteiger partial charge in [-0.25, -0.2) is 0 Å². The van der Waals surface area contributed by atoms with Crippen molar-refractivity contribution in [2.24, 2.45) is 0 Å². The first-order valence-electron chi connectivity index (χ1n) is 7.31. The first-order valence-corrected chi connectivity index (χ1v) is 7.31. The Kier molecular flexibility index (Phi) is 9.59. The van der Waals surface area contributed by atoms with Crippen LogP contribution in [0.1, 0.15) is 52.9 Å². The van der Waals surface area contributed by atoms with E-state index in [1.165, 1.54) is 0 Å². The number of carbonyl (C=O) groups is 2. The molecule has 2 amide bonds. The van der Waals surface area contributed by atoms with E-state index in [4.69, 9.17) is 0 Å². The molecule has 1 fully saturated rings. The molecular formula is C14H28ClN3O2. The number of nitrogens with one attached hydrogen (secondary N) is 3. The zero-order valence-corrected chi connectivity index (χ0v) is 13.5. The van der Waals surface area contributed by atoms with Gasteiger partial charge in [-0.05, 0) is 46.6 Å². The smallest absolute Gasteiger partial charge is 0.220 e. The van der Waals surface area contributed by atoms with Crippen molar-refractivity contribution in [1.29, 1.82) is 0 Å². The van der Waals surface area contributed by atoms with Crippen LogP contribution in [0.4, 0.5) is 0 Å². The van der Waals surface area contributed by atoms with Crippen molar-refractivity contribution >= 4 is 24.2 Å². The number of rotatable bonds is 6. The molecule has 0 aromatic rings. The molecule has 0 radical (unpaired) electrons. The van der Waals surface area contributed by atoms with Gasteiger partial charge >= 0.3 is 0 Å². The molecule has 0 aromatic carbocycles. The van der Waals surface area contributed by atoms with Crippen LogP contribution in [0.2, 0.25) is 0 Å². The van der Waals surface area contributed by atoms with E-state index in [2.05, 4.69) is 22.9 Å². The van der Waals surface area contributed by atoms with E-state index in [-0.39, 0.29) is 36.3 Å². The van der Waals surface area contributed by atoms with Crippen LogP contribution in [0.5, 0.6) is 0 Å². The summed E-state index contributed by atoms with van der Waals surface area (Å²) in [7, 11) is 0. The summed E-state index contributed by atoms with van der Waals surface area (Å²) in [5.74, 6) is 0.0772. The lowest BCUT2D eigenvalue weighted by Crippen LogP contribution is -2.51. The highest BCUT2D eigenvalue weighted by molar-refractivity contribution is 5.85. The third kappa shape index (κ3) is 7.70. The van der Waals surface area contributed by atoms with Crippen molar-refractivity contribution in [3.63, 3.8) is 0 Å². The van der Waals surface area contributed by atoms with Gasteiger partial charge in [0.25, 0.3) is 0 Å². The van der Waals surface area contributed by atoms with Gasteiger partial charge in [0.15, 0.2) is 0 Å². The summed E-state index contributed by atoms with van der Waals surface area (Å²) in [5.41, 5.74) is 0. The number of halogens is 1. The normalized spacial score (nSPS) is 22.0. The van der Waals surface area contributed by atoms with E-state index in [0.717, 1.165) is 19.4 Å². The first kappa shape index (κ1) is 19.2. The molecule has 1 aliphatic heterocycles. The molecule has 3 N–H and O–H groups in total. The Morgan fingerprint density at radius 3 is 2.50 bits per heavy atom. The van der Waals surface area contributed by atoms with Crippen molar-refractivity contribution in [3.05, 3.63) is 0 Å². The zero-order valence-electron chi connectivity index (χ0n) is 12.7.